The van der Waals surface area contributed by atoms with Crippen molar-refractivity contribution in [3.05, 3.63) is 51.2 Å². The Morgan fingerprint density at radius 2 is 1.97 bits per heavy atom. The second-order valence-corrected chi connectivity index (χ2v) is 9.45. The monoisotopic (exact) mass is 471 g/mol. The topological polar surface area (TPSA) is 96.5 Å². The average Bonchev–Trinajstić information content (AvgIpc) is 3.24. The van der Waals surface area contributed by atoms with Crippen LogP contribution in [0.4, 0.5) is 23.0 Å². The van der Waals surface area contributed by atoms with Crippen LogP contribution in [0, 0.1) is 0 Å². The smallest absolute Gasteiger partial charge is 0.427 e. The van der Waals surface area contributed by atoms with Gasteiger partial charge in [-0.1, -0.05) is 17.5 Å². The van der Waals surface area contributed by atoms with Crippen molar-refractivity contribution in [2.45, 2.75) is 37.4 Å². The van der Waals surface area contributed by atoms with Gasteiger partial charge in [-0.05, 0) is 50.1 Å². The number of alkyl halides is 3. The number of hydrogen-bond acceptors (Lipinski definition) is 7. The van der Waals surface area contributed by atoms with E-state index in [0.29, 0.717) is 19.5 Å². The summed E-state index contributed by atoms with van der Waals surface area (Å²) in [6.07, 6.45) is -2.93. The number of imide groups is 1. The van der Waals surface area contributed by atoms with E-state index in [1.165, 1.54) is 23.2 Å². The lowest BCUT2D eigenvalue weighted by Gasteiger charge is -2.27. The molecule has 3 amide bonds. The van der Waals surface area contributed by atoms with Crippen molar-refractivity contribution in [3.63, 3.8) is 0 Å². The molecule has 0 saturated carbocycles. The third-order valence-corrected chi connectivity index (χ3v) is 6.34. The number of rotatable bonds is 4. The van der Waals surface area contributed by atoms with Gasteiger partial charge in [0, 0.05) is 4.91 Å². The molecule has 1 saturated heterocycles. The Kier molecular flexibility index (Phi) is 5.86. The highest BCUT2D eigenvalue weighted by Gasteiger charge is 2.51. The van der Waals surface area contributed by atoms with Gasteiger partial charge in [0.15, 0.2) is 4.87 Å². The van der Waals surface area contributed by atoms with Crippen LogP contribution >= 0.6 is 23.1 Å². The summed E-state index contributed by atoms with van der Waals surface area (Å²) in [4.78, 5) is 36.7. The minimum Gasteiger partial charge on any atom is -0.434 e. The molecule has 0 spiro atoms. The van der Waals surface area contributed by atoms with Crippen molar-refractivity contribution < 1.29 is 32.3 Å². The minimum absolute atomic E-state index is 0.0934. The Hall–Kier alpha value is -2.91. The quantitative estimate of drug-likeness (QED) is 0.574. The normalized spacial score (nSPS) is 19.7. The lowest BCUT2D eigenvalue weighted by molar-refractivity contribution is -0.243. The maximum absolute atomic E-state index is 12.8. The van der Waals surface area contributed by atoms with Gasteiger partial charge in [0.25, 0.3) is 11.8 Å². The summed E-state index contributed by atoms with van der Waals surface area (Å²) in [6.45, 7) is 2.96. The van der Waals surface area contributed by atoms with E-state index in [9.17, 15) is 27.6 Å². The van der Waals surface area contributed by atoms with E-state index in [4.69, 9.17) is 0 Å². The molecule has 1 aromatic rings. The van der Waals surface area contributed by atoms with Crippen LogP contribution < -0.4 is 16.0 Å². The molecule has 31 heavy (non-hydrogen) atoms. The molecule has 2 aliphatic rings. The maximum Gasteiger partial charge on any atom is 0.427 e. The largest absolute Gasteiger partial charge is 0.434 e. The number of alkyl carbamates (subject to hydrolysis) is 1. The Morgan fingerprint density at radius 1 is 1.26 bits per heavy atom. The van der Waals surface area contributed by atoms with Gasteiger partial charge >= 0.3 is 12.3 Å². The summed E-state index contributed by atoms with van der Waals surface area (Å²) < 4.78 is 42.9. The first-order valence-electron chi connectivity index (χ1n) is 8.72. The summed E-state index contributed by atoms with van der Waals surface area (Å²) in [7, 11) is 0. The molecule has 12 heteroatoms. The fraction of sp³-hybridized carbons (Fsp3) is 0.316. The van der Waals surface area contributed by atoms with Crippen LogP contribution in [-0.4, -0.2) is 34.6 Å². The summed E-state index contributed by atoms with van der Waals surface area (Å²) in [5.74, 6) is -1.48. The number of allylic oxidation sites excluding steroid dienone is 2. The molecule has 3 rings (SSSR count). The second kappa shape index (κ2) is 7.97. The van der Waals surface area contributed by atoms with Crippen LogP contribution in [-0.2, 0) is 9.53 Å². The van der Waals surface area contributed by atoms with Gasteiger partial charge in [0.2, 0.25) is 5.60 Å². The molecule has 0 aromatic carbocycles. The van der Waals surface area contributed by atoms with Crippen LogP contribution in [0.25, 0.3) is 0 Å². The van der Waals surface area contributed by atoms with Crippen LogP contribution in [0.15, 0.2) is 45.7 Å². The molecule has 1 aromatic heterocycles. The van der Waals surface area contributed by atoms with Crippen molar-refractivity contribution >= 4 is 46.0 Å². The van der Waals surface area contributed by atoms with Crippen molar-refractivity contribution in [2.24, 2.45) is 0 Å². The highest BCUT2D eigenvalue weighted by molar-refractivity contribution is 8.05. The number of thioether (sulfide) groups is 1. The van der Waals surface area contributed by atoms with E-state index in [-0.39, 0.29) is 10.6 Å². The first-order chi connectivity index (χ1) is 14.3. The maximum atomic E-state index is 12.8. The number of carbonyl (C=O) groups excluding carboxylic acids is 3. The van der Waals surface area contributed by atoms with Crippen LogP contribution in [0.5, 0.6) is 0 Å². The summed E-state index contributed by atoms with van der Waals surface area (Å²) in [5, 5.41) is 9.00. The zero-order valence-electron chi connectivity index (χ0n) is 16.4. The van der Waals surface area contributed by atoms with Crippen molar-refractivity contribution in [2.75, 3.05) is 5.32 Å². The van der Waals surface area contributed by atoms with Crippen LogP contribution in [0.2, 0.25) is 0 Å². The Bertz CT molecular complexity index is 1090. The second-order valence-electron chi connectivity index (χ2n) is 7.07. The SMILES string of the molecule is CC1(C(=O)Nc2sccc2C(=O)NC(=O)OC(C)(C)C(F)(F)F)NC2=C=C=CC=C2S1. The zero-order chi connectivity index (χ0) is 23.0. The molecular formula is C19H16F3N3O4S2. The predicted octanol–water partition coefficient (Wildman–Crippen LogP) is 4.04. The molecule has 0 bridgehead atoms. The molecule has 1 unspecified atom stereocenters. The standard InChI is InChI=1S/C19H16F3N3O4S2/c1-17(2,19(20,21)22)29-16(28)23-13(26)10-8-9-30-14(10)24-15(27)18(3)25-11-6-4-5-7-12(11)31-18/h5,7-9,25H,1-3H3,(H,24,27)(H,23,26,28). The molecule has 0 radical (unpaired) electrons. The Morgan fingerprint density at radius 3 is 2.61 bits per heavy atom. The van der Waals surface area contributed by atoms with Gasteiger partial charge in [-0.15, -0.1) is 11.3 Å². The predicted molar refractivity (Wildman–Crippen MR) is 109 cm³/mol. The van der Waals surface area contributed by atoms with E-state index in [2.05, 4.69) is 26.8 Å². The Balaban J connectivity index is 1.67. The van der Waals surface area contributed by atoms with E-state index < -0.39 is 34.6 Å². The highest BCUT2D eigenvalue weighted by Crippen LogP contribution is 2.42. The fourth-order valence-corrected chi connectivity index (χ4v) is 4.28. The first kappa shape index (κ1) is 22.8. The van der Waals surface area contributed by atoms with Gasteiger partial charge in [-0.3, -0.25) is 14.9 Å². The summed E-state index contributed by atoms with van der Waals surface area (Å²) in [5.41, 5.74) is 3.39. The van der Waals surface area contributed by atoms with E-state index >= 15 is 0 Å². The summed E-state index contributed by atoms with van der Waals surface area (Å²) >= 11 is 2.27. The molecule has 1 aliphatic heterocycles. The number of halogens is 3. The number of thiophene rings is 1. The van der Waals surface area contributed by atoms with Crippen molar-refractivity contribution in [1.82, 2.24) is 10.6 Å². The van der Waals surface area contributed by atoms with Gasteiger partial charge in [-0.2, -0.15) is 13.2 Å². The number of amides is 3. The molecule has 164 valence electrons. The molecule has 7 nitrogen and oxygen atoms in total. The van der Waals surface area contributed by atoms with Crippen LogP contribution in [0.1, 0.15) is 31.1 Å². The fourth-order valence-electron chi connectivity index (χ4n) is 2.42. The minimum atomic E-state index is -4.82. The lowest BCUT2D eigenvalue weighted by atomic mass is 10.1. The number of hydrogen-bond donors (Lipinski definition) is 3. The van der Waals surface area contributed by atoms with Gasteiger partial charge in [-0.25, -0.2) is 4.79 Å². The van der Waals surface area contributed by atoms with Crippen molar-refractivity contribution in [3.8, 4) is 0 Å². The lowest BCUT2D eigenvalue weighted by Crippen LogP contribution is -2.47. The Labute approximate surface area is 183 Å². The number of carbonyl (C=O) groups is 3. The van der Waals surface area contributed by atoms with Gasteiger partial charge in [0.05, 0.1) is 5.56 Å². The number of anilines is 1. The van der Waals surface area contributed by atoms with E-state index in [1.54, 1.807) is 24.4 Å². The number of fused-ring (bicyclic) bond motifs is 1. The van der Waals surface area contributed by atoms with Crippen molar-refractivity contribution in [1.29, 1.82) is 0 Å². The molecular weight excluding hydrogens is 455 g/mol. The van der Waals surface area contributed by atoms with E-state index in [1.807, 2.05) is 0 Å². The van der Waals surface area contributed by atoms with Gasteiger partial charge in [0.1, 0.15) is 10.7 Å². The van der Waals surface area contributed by atoms with Gasteiger partial charge < -0.3 is 15.4 Å². The number of ether oxygens (including phenoxy) is 1. The van der Waals surface area contributed by atoms with E-state index in [0.717, 1.165) is 16.2 Å². The average molecular weight is 471 g/mol. The molecule has 1 aliphatic carbocycles. The zero-order valence-corrected chi connectivity index (χ0v) is 18.0. The van der Waals surface area contributed by atoms with Crippen LogP contribution in [0.3, 0.4) is 0 Å². The first-order valence-corrected chi connectivity index (χ1v) is 10.4. The third-order valence-electron chi connectivity index (χ3n) is 4.26. The summed E-state index contributed by atoms with van der Waals surface area (Å²) in [6, 6.07) is 1.33. The highest BCUT2D eigenvalue weighted by atomic mass is 32.2. The molecule has 1 fully saturated rings. The molecule has 1 atom stereocenters. The third kappa shape index (κ3) is 4.72. The molecule has 3 N–H and O–H groups in total. The molecule has 2 heterocycles. The number of nitrogens with one attached hydrogen (secondary N) is 3.